The van der Waals surface area contributed by atoms with Gasteiger partial charge in [-0.05, 0) is 37.2 Å². The zero-order valence-corrected chi connectivity index (χ0v) is 18.3. The Labute approximate surface area is 178 Å². The van der Waals surface area contributed by atoms with Crippen molar-refractivity contribution in [3.05, 3.63) is 46.0 Å². The van der Waals surface area contributed by atoms with Crippen molar-refractivity contribution in [2.75, 3.05) is 7.11 Å². The first-order chi connectivity index (χ1) is 14.3. The third-order valence-electron chi connectivity index (χ3n) is 6.21. The number of unbranched alkanes of at least 4 members (excludes halogenated alkanes) is 2. The molecule has 0 aliphatic heterocycles. The van der Waals surface area contributed by atoms with Crippen molar-refractivity contribution in [1.82, 2.24) is 5.32 Å². The Bertz CT molecular complexity index is 716. The number of rotatable bonds is 12. The maximum absolute atomic E-state index is 12.1. The molecule has 1 aliphatic carbocycles. The fraction of sp³-hybridized carbons (Fsp3) is 0.652. The van der Waals surface area contributed by atoms with Gasteiger partial charge in [0.2, 0.25) is 11.9 Å². The number of nitro groups is 1. The molecule has 2 unspecified atom stereocenters. The molecule has 1 aromatic carbocycles. The lowest BCUT2D eigenvalue weighted by Gasteiger charge is -2.47. The van der Waals surface area contributed by atoms with Crippen LogP contribution in [0.1, 0.15) is 64.4 Å². The fourth-order valence-corrected chi connectivity index (χ4v) is 4.72. The molecule has 1 N–H and O–H groups in total. The summed E-state index contributed by atoms with van der Waals surface area (Å²) in [6.07, 6.45) is 5.75. The fourth-order valence-electron chi connectivity index (χ4n) is 4.72. The summed E-state index contributed by atoms with van der Waals surface area (Å²) >= 11 is 0. The monoisotopic (exact) mass is 418 g/mol. The molecule has 7 heteroatoms. The van der Waals surface area contributed by atoms with Crippen LogP contribution in [0.5, 0.6) is 0 Å². The van der Waals surface area contributed by atoms with E-state index < -0.39 is 17.5 Å². The number of ether oxygens (including phenoxy) is 1. The van der Waals surface area contributed by atoms with Crippen LogP contribution in [0.2, 0.25) is 0 Å². The van der Waals surface area contributed by atoms with Crippen molar-refractivity contribution in [2.45, 2.75) is 76.8 Å². The molecular weight excluding hydrogens is 384 g/mol. The molecule has 1 fully saturated rings. The molecule has 7 nitrogen and oxygen atoms in total. The summed E-state index contributed by atoms with van der Waals surface area (Å²) in [4.78, 5) is 35.6. The summed E-state index contributed by atoms with van der Waals surface area (Å²) in [5.74, 6) is -0.952. The second-order valence-electron chi connectivity index (χ2n) is 8.55. The molecule has 0 radical (unpaired) electrons. The van der Waals surface area contributed by atoms with Crippen LogP contribution in [-0.4, -0.2) is 35.5 Å². The van der Waals surface area contributed by atoms with E-state index in [1.807, 2.05) is 30.3 Å². The van der Waals surface area contributed by atoms with E-state index in [0.29, 0.717) is 6.42 Å². The van der Waals surface area contributed by atoms with Gasteiger partial charge in [-0.15, -0.1) is 0 Å². The maximum atomic E-state index is 12.1. The normalized spacial score (nSPS) is 22.4. The molecule has 2 atom stereocenters. The van der Waals surface area contributed by atoms with Crippen molar-refractivity contribution in [3.8, 4) is 0 Å². The molecule has 0 heterocycles. The summed E-state index contributed by atoms with van der Waals surface area (Å²) in [5, 5.41) is 15.0. The standard InChI is InChI=1S/C23H34N2O5/c1-4-5-7-12-19(13-18-10-8-6-9-11-18)14-21(25(28)29)23(24-17(2)26)15-20(16-23)22(27)30-3/h6,8-11,19-21H,4-5,7,12-16H2,1-3H3,(H,24,26). The lowest BCUT2D eigenvalue weighted by atomic mass is 9.62. The van der Waals surface area contributed by atoms with Gasteiger partial charge in [0, 0.05) is 18.3 Å². The molecule has 1 aromatic rings. The van der Waals surface area contributed by atoms with Crippen LogP contribution in [-0.2, 0) is 20.7 Å². The van der Waals surface area contributed by atoms with Crippen LogP contribution >= 0.6 is 0 Å². The Hall–Kier alpha value is -2.44. The van der Waals surface area contributed by atoms with Gasteiger partial charge in [0.25, 0.3) is 0 Å². The summed E-state index contributed by atoms with van der Waals surface area (Å²) in [6.45, 7) is 3.51. The van der Waals surface area contributed by atoms with Crippen molar-refractivity contribution in [3.63, 3.8) is 0 Å². The highest BCUT2D eigenvalue weighted by atomic mass is 16.6. The Balaban J connectivity index is 2.21. The first kappa shape index (κ1) is 23.8. The average molecular weight is 419 g/mol. The summed E-state index contributed by atoms with van der Waals surface area (Å²) in [5.41, 5.74) is 0.171. The molecule has 1 saturated carbocycles. The number of carbonyl (C=O) groups is 2. The largest absolute Gasteiger partial charge is 0.469 e. The van der Waals surface area contributed by atoms with E-state index in [1.54, 1.807) is 0 Å². The lowest BCUT2D eigenvalue weighted by Crippen LogP contribution is -2.67. The highest BCUT2D eigenvalue weighted by Crippen LogP contribution is 2.44. The van der Waals surface area contributed by atoms with E-state index in [1.165, 1.54) is 14.0 Å². The van der Waals surface area contributed by atoms with Gasteiger partial charge < -0.3 is 10.1 Å². The van der Waals surface area contributed by atoms with Gasteiger partial charge >= 0.3 is 5.97 Å². The SMILES string of the molecule is CCCCCC(Cc1ccccc1)CC([N+](=O)[O-])C1(NC(C)=O)CC(C(=O)OC)C1. The number of benzene rings is 1. The third-order valence-corrected chi connectivity index (χ3v) is 6.21. The number of nitrogens with one attached hydrogen (secondary N) is 1. The van der Waals surface area contributed by atoms with Crippen molar-refractivity contribution < 1.29 is 19.2 Å². The van der Waals surface area contributed by atoms with Gasteiger partial charge in [0.1, 0.15) is 5.54 Å². The predicted octanol–water partition coefficient (Wildman–Crippen LogP) is 3.92. The summed E-state index contributed by atoms with van der Waals surface area (Å²) in [6, 6.07) is 9.09. The van der Waals surface area contributed by atoms with E-state index in [-0.39, 0.29) is 35.6 Å². The van der Waals surface area contributed by atoms with Crippen LogP contribution in [0.15, 0.2) is 30.3 Å². The number of methoxy groups -OCH3 is 1. The van der Waals surface area contributed by atoms with Gasteiger partial charge in [0.05, 0.1) is 13.0 Å². The Morgan fingerprint density at radius 2 is 1.93 bits per heavy atom. The second-order valence-corrected chi connectivity index (χ2v) is 8.55. The molecule has 0 aromatic heterocycles. The number of hydrogen-bond acceptors (Lipinski definition) is 5. The van der Waals surface area contributed by atoms with Crippen LogP contribution in [0, 0.1) is 22.0 Å². The molecular formula is C23H34N2O5. The van der Waals surface area contributed by atoms with E-state index in [4.69, 9.17) is 4.74 Å². The van der Waals surface area contributed by atoms with Gasteiger partial charge in [-0.1, -0.05) is 56.5 Å². The number of esters is 1. The third kappa shape index (κ3) is 6.28. The Morgan fingerprint density at radius 3 is 2.47 bits per heavy atom. The minimum Gasteiger partial charge on any atom is -0.469 e. The minimum atomic E-state index is -0.992. The second kappa shape index (κ2) is 11.1. The molecule has 0 saturated heterocycles. The summed E-state index contributed by atoms with van der Waals surface area (Å²) < 4.78 is 4.80. The minimum absolute atomic E-state index is 0.136. The van der Waals surface area contributed by atoms with E-state index in [0.717, 1.165) is 37.7 Å². The predicted molar refractivity (Wildman–Crippen MR) is 114 cm³/mol. The van der Waals surface area contributed by atoms with E-state index in [2.05, 4.69) is 12.2 Å². The molecule has 30 heavy (non-hydrogen) atoms. The number of carbonyl (C=O) groups excluding carboxylic acids is 2. The van der Waals surface area contributed by atoms with Crippen LogP contribution in [0.25, 0.3) is 0 Å². The van der Waals surface area contributed by atoms with Crippen molar-refractivity contribution in [2.24, 2.45) is 11.8 Å². The molecule has 2 rings (SSSR count). The molecule has 1 aliphatic rings. The molecule has 166 valence electrons. The van der Waals surface area contributed by atoms with Gasteiger partial charge in [-0.2, -0.15) is 0 Å². The highest BCUT2D eigenvalue weighted by Gasteiger charge is 2.58. The van der Waals surface area contributed by atoms with Crippen LogP contribution in [0.4, 0.5) is 0 Å². The lowest BCUT2D eigenvalue weighted by molar-refractivity contribution is -0.541. The van der Waals surface area contributed by atoms with Gasteiger partial charge in [0.15, 0.2) is 0 Å². The molecule has 0 spiro atoms. The van der Waals surface area contributed by atoms with Gasteiger partial charge in [-0.25, -0.2) is 0 Å². The zero-order chi connectivity index (χ0) is 22.1. The number of hydrogen-bond donors (Lipinski definition) is 1. The number of amides is 1. The number of nitrogens with zero attached hydrogens (tertiary/aromatic N) is 1. The maximum Gasteiger partial charge on any atom is 0.308 e. The van der Waals surface area contributed by atoms with Crippen LogP contribution < -0.4 is 5.32 Å². The van der Waals surface area contributed by atoms with Gasteiger partial charge in [-0.3, -0.25) is 19.7 Å². The van der Waals surface area contributed by atoms with Crippen molar-refractivity contribution >= 4 is 11.9 Å². The first-order valence-corrected chi connectivity index (χ1v) is 10.8. The average Bonchev–Trinajstić information content (AvgIpc) is 2.68. The molecule has 1 amide bonds. The topological polar surface area (TPSA) is 98.5 Å². The first-order valence-electron chi connectivity index (χ1n) is 10.8. The van der Waals surface area contributed by atoms with Crippen molar-refractivity contribution in [1.29, 1.82) is 0 Å². The quantitative estimate of drug-likeness (QED) is 0.240. The zero-order valence-electron chi connectivity index (χ0n) is 18.3. The smallest absolute Gasteiger partial charge is 0.308 e. The van der Waals surface area contributed by atoms with E-state index >= 15 is 0 Å². The summed E-state index contributed by atoms with van der Waals surface area (Å²) in [7, 11) is 1.31. The van der Waals surface area contributed by atoms with E-state index in [9.17, 15) is 19.7 Å². The highest BCUT2D eigenvalue weighted by molar-refractivity contribution is 5.77. The molecule has 0 bridgehead atoms. The van der Waals surface area contributed by atoms with Crippen LogP contribution in [0.3, 0.4) is 0 Å². The Kier molecular flexibility index (Phi) is 8.81. The Morgan fingerprint density at radius 1 is 1.27 bits per heavy atom.